The number of nitrogens with one attached hydrogen (secondary N) is 1. The SMILES string of the molecule is CC(Nc1ccccc1-c1ccc(C=O)o1)c1ccco1. The maximum absolute atomic E-state index is 10.7. The van der Waals surface area contributed by atoms with Crippen molar-refractivity contribution >= 4 is 12.0 Å². The molecule has 3 aromatic rings. The van der Waals surface area contributed by atoms with Gasteiger partial charge in [0.2, 0.25) is 0 Å². The number of anilines is 1. The molecule has 1 unspecified atom stereocenters. The predicted molar refractivity (Wildman–Crippen MR) is 80.3 cm³/mol. The van der Waals surface area contributed by atoms with Gasteiger partial charge < -0.3 is 14.2 Å². The minimum Gasteiger partial charge on any atom is -0.467 e. The summed E-state index contributed by atoms with van der Waals surface area (Å²) in [4.78, 5) is 10.7. The zero-order valence-corrected chi connectivity index (χ0v) is 11.6. The predicted octanol–water partition coefficient (Wildman–Crippen LogP) is 4.53. The summed E-state index contributed by atoms with van der Waals surface area (Å²) < 4.78 is 10.9. The Morgan fingerprint density at radius 3 is 2.67 bits per heavy atom. The number of hydrogen-bond acceptors (Lipinski definition) is 4. The summed E-state index contributed by atoms with van der Waals surface area (Å²) in [6.07, 6.45) is 2.35. The van der Waals surface area contributed by atoms with Crippen molar-refractivity contribution in [3.05, 3.63) is 66.3 Å². The second-order valence-electron chi connectivity index (χ2n) is 4.75. The van der Waals surface area contributed by atoms with Crippen LogP contribution in [0.2, 0.25) is 0 Å². The van der Waals surface area contributed by atoms with Crippen LogP contribution in [0.5, 0.6) is 0 Å². The van der Waals surface area contributed by atoms with Crippen LogP contribution in [0, 0.1) is 0 Å². The fourth-order valence-corrected chi connectivity index (χ4v) is 2.23. The first-order valence-electron chi connectivity index (χ1n) is 6.72. The van der Waals surface area contributed by atoms with Gasteiger partial charge in [-0.15, -0.1) is 0 Å². The number of benzene rings is 1. The van der Waals surface area contributed by atoms with Crippen molar-refractivity contribution < 1.29 is 13.6 Å². The Kier molecular flexibility index (Phi) is 3.60. The summed E-state index contributed by atoms with van der Waals surface area (Å²) in [5, 5.41) is 3.40. The molecule has 0 aliphatic rings. The lowest BCUT2D eigenvalue weighted by atomic mass is 10.1. The van der Waals surface area contributed by atoms with Gasteiger partial charge in [-0.1, -0.05) is 12.1 Å². The molecule has 0 saturated heterocycles. The van der Waals surface area contributed by atoms with E-state index in [1.54, 1.807) is 18.4 Å². The van der Waals surface area contributed by atoms with Gasteiger partial charge >= 0.3 is 0 Å². The van der Waals surface area contributed by atoms with Crippen LogP contribution in [0.1, 0.15) is 29.3 Å². The highest BCUT2D eigenvalue weighted by atomic mass is 16.3. The van der Waals surface area contributed by atoms with Crippen LogP contribution in [-0.2, 0) is 0 Å². The monoisotopic (exact) mass is 281 g/mol. The Hall–Kier alpha value is -2.75. The standard InChI is InChI=1S/C17H15NO3/c1-12(16-7-4-10-20-16)18-15-6-3-2-5-14(15)17-9-8-13(11-19)21-17/h2-12,18H,1H3. The van der Waals surface area contributed by atoms with E-state index in [-0.39, 0.29) is 6.04 Å². The van der Waals surface area contributed by atoms with Crippen LogP contribution in [-0.4, -0.2) is 6.29 Å². The molecule has 0 saturated carbocycles. The Morgan fingerprint density at radius 1 is 1.10 bits per heavy atom. The Bertz CT molecular complexity index is 728. The maximum atomic E-state index is 10.7. The van der Waals surface area contributed by atoms with Gasteiger partial charge in [0, 0.05) is 11.3 Å². The van der Waals surface area contributed by atoms with Gasteiger partial charge in [-0.05, 0) is 43.3 Å². The summed E-state index contributed by atoms with van der Waals surface area (Å²) in [6, 6.07) is 15.1. The van der Waals surface area contributed by atoms with E-state index in [0.29, 0.717) is 17.8 Å². The summed E-state index contributed by atoms with van der Waals surface area (Å²) in [5.74, 6) is 1.84. The second-order valence-corrected chi connectivity index (χ2v) is 4.75. The lowest BCUT2D eigenvalue weighted by molar-refractivity contribution is 0.110. The summed E-state index contributed by atoms with van der Waals surface area (Å²) >= 11 is 0. The fraction of sp³-hybridized carbons (Fsp3) is 0.118. The van der Waals surface area contributed by atoms with E-state index in [0.717, 1.165) is 17.0 Å². The molecular formula is C17H15NO3. The zero-order valence-electron chi connectivity index (χ0n) is 11.6. The molecule has 0 fully saturated rings. The van der Waals surface area contributed by atoms with Crippen molar-refractivity contribution in [2.75, 3.05) is 5.32 Å². The number of hydrogen-bond donors (Lipinski definition) is 1. The van der Waals surface area contributed by atoms with Crippen molar-refractivity contribution in [3.63, 3.8) is 0 Å². The molecule has 4 heteroatoms. The van der Waals surface area contributed by atoms with Gasteiger partial charge in [-0.25, -0.2) is 0 Å². The molecule has 0 aliphatic heterocycles. The minimum atomic E-state index is 0.0293. The number of carbonyl (C=O) groups is 1. The second kappa shape index (κ2) is 5.71. The number of carbonyl (C=O) groups excluding carboxylic acids is 1. The molecule has 2 heterocycles. The van der Waals surface area contributed by atoms with Gasteiger partial charge in [-0.2, -0.15) is 0 Å². The van der Waals surface area contributed by atoms with Gasteiger partial charge in [-0.3, -0.25) is 4.79 Å². The van der Waals surface area contributed by atoms with Crippen molar-refractivity contribution in [2.24, 2.45) is 0 Å². The molecule has 21 heavy (non-hydrogen) atoms. The highest BCUT2D eigenvalue weighted by Gasteiger charge is 2.13. The lowest BCUT2D eigenvalue weighted by Gasteiger charge is -2.15. The van der Waals surface area contributed by atoms with Crippen LogP contribution < -0.4 is 5.32 Å². The van der Waals surface area contributed by atoms with Gasteiger partial charge in [0.1, 0.15) is 11.5 Å². The van der Waals surface area contributed by atoms with Crippen LogP contribution in [0.3, 0.4) is 0 Å². The molecular weight excluding hydrogens is 266 g/mol. The van der Waals surface area contributed by atoms with Gasteiger partial charge in [0.25, 0.3) is 0 Å². The summed E-state index contributed by atoms with van der Waals surface area (Å²) in [7, 11) is 0. The first-order valence-corrected chi connectivity index (χ1v) is 6.72. The molecule has 0 amide bonds. The van der Waals surface area contributed by atoms with Crippen molar-refractivity contribution in [2.45, 2.75) is 13.0 Å². The third kappa shape index (κ3) is 2.74. The highest BCUT2D eigenvalue weighted by molar-refractivity contribution is 5.78. The van der Waals surface area contributed by atoms with Crippen LogP contribution in [0.4, 0.5) is 5.69 Å². The molecule has 0 spiro atoms. The average Bonchev–Trinajstić information content (AvgIpc) is 3.19. The molecule has 3 rings (SSSR count). The Morgan fingerprint density at radius 2 is 1.95 bits per heavy atom. The van der Waals surface area contributed by atoms with E-state index < -0.39 is 0 Å². The number of furan rings is 2. The molecule has 1 aromatic carbocycles. The summed E-state index contributed by atoms with van der Waals surface area (Å²) in [6.45, 7) is 2.02. The average molecular weight is 281 g/mol. The molecule has 2 aromatic heterocycles. The van der Waals surface area contributed by atoms with E-state index >= 15 is 0 Å². The lowest BCUT2D eigenvalue weighted by Crippen LogP contribution is -2.06. The Balaban J connectivity index is 1.90. The van der Waals surface area contributed by atoms with Crippen molar-refractivity contribution in [1.82, 2.24) is 0 Å². The minimum absolute atomic E-state index is 0.0293. The topological polar surface area (TPSA) is 55.4 Å². The van der Waals surface area contributed by atoms with Crippen molar-refractivity contribution in [3.8, 4) is 11.3 Å². The summed E-state index contributed by atoms with van der Waals surface area (Å²) in [5.41, 5.74) is 1.83. The zero-order chi connectivity index (χ0) is 14.7. The Labute approximate surface area is 122 Å². The first-order chi connectivity index (χ1) is 10.3. The molecule has 1 atom stereocenters. The molecule has 4 nitrogen and oxygen atoms in total. The normalized spacial score (nSPS) is 12.0. The van der Waals surface area contributed by atoms with E-state index in [1.165, 1.54) is 0 Å². The van der Waals surface area contributed by atoms with E-state index in [4.69, 9.17) is 8.83 Å². The molecule has 106 valence electrons. The van der Waals surface area contributed by atoms with Gasteiger partial charge in [0.05, 0.1) is 12.3 Å². The maximum Gasteiger partial charge on any atom is 0.185 e. The largest absolute Gasteiger partial charge is 0.467 e. The van der Waals surface area contributed by atoms with E-state index in [9.17, 15) is 4.79 Å². The molecule has 0 radical (unpaired) electrons. The molecule has 0 bridgehead atoms. The van der Waals surface area contributed by atoms with Crippen LogP contribution in [0.15, 0.2) is 63.6 Å². The number of para-hydroxylation sites is 1. The first kappa shape index (κ1) is 13.2. The smallest absolute Gasteiger partial charge is 0.185 e. The number of rotatable bonds is 5. The fourth-order valence-electron chi connectivity index (χ4n) is 2.23. The molecule has 1 N–H and O–H groups in total. The third-order valence-electron chi connectivity index (χ3n) is 3.28. The highest BCUT2D eigenvalue weighted by Crippen LogP contribution is 2.31. The number of aldehydes is 1. The van der Waals surface area contributed by atoms with Crippen LogP contribution in [0.25, 0.3) is 11.3 Å². The molecule has 0 aliphatic carbocycles. The van der Waals surface area contributed by atoms with Gasteiger partial charge in [0.15, 0.2) is 12.0 Å². The third-order valence-corrected chi connectivity index (χ3v) is 3.28. The van der Waals surface area contributed by atoms with Crippen molar-refractivity contribution in [1.29, 1.82) is 0 Å². The van der Waals surface area contributed by atoms with E-state index in [1.807, 2.05) is 43.3 Å². The van der Waals surface area contributed by atoms with E-state index in [2.05, 4.69) is 5.32 Å². The quantitative estimate of drug-likeness (QED) is 0.698. The van der Waals surface area contributed by atoms with Crippen LogP contribution >= 0.6 is 0 Å².